The van der Waals surface area contributed by atoms with Gasteiger partial charge in [0.1, 0.15) is 5.75 Å². The van der Waals surface area contributed by atoms with E-state index in [1.54, 1.807) is 24.3 Å². The van der Waals surface area contributed by atoms with Crippen molar-refractivity contribution < 1.29 is 9.90 Å². The fraction of sp³-hybridized carbons (Fsp3) is 0.105. The van der Waals surface area contributed by atoms with Gasteiger partial charge in [-0.1, -0.05) is 42.5 Å². The van der Waals surface area contributed by atoms with Gasteiger partial charge in [-0.05, 0) is 47.0 Å². The molecule has 0 aliphatic rings. The first-order valence-corrected chi connectivity index (χ1v) is 7.45. The largest absolute Gasteiger partial charge is 0.508 e. The number of nitrogens with two attached hydrogens (primary N) is 1. The van der Waals surface area contributed by atoms with Gasteiger partial charge in [-0.25, -0.2) is 0 Å². The summed E-state index contributed by atoms with van der Waals surface area (Å²) in [5.74, 6) is -0.0312. The average Bonchev–Trinajstić information content (AvgIpc) is 2.56. The second-order valence-corrected chi connectivity index (χ2v) is 5.53. The molecule has 3 aromatic carbocycles. The molecule has 0 heterocycles. The molecule has 0 saturated heterocycles. The first-order valence-electron chi connectivity index (χ1n) is 7.45. The Bertz CT molecular complexity index is 828. The van der Waals surface area contributed by atoms with Gasteiger partial charge < -0.3 is 16.2 Å². The van der Waals surface area contributed by atoms with Gasteiger partial charge in [-0.15, -0.1) is 0 Å². The van der Waals surface area contributed by atoms with E-state index >= 15 is 0 Å². The van der Waals surface area contributed by atoms with E-state index in [9.17, 15) is 9.90 Å². The quantitative estimate of drug-likeness (QED) is 0.693. The summed E-state index contributed by atoms with van der Waals surface area (Å²) in [6, 6.07) is 19.8. The molecule has 23 heavy (non-hydrogen) atoms. The van der Waals surface area contributed by atoms with Crippen molar-refractivity contribution in [3.8, 4) is 5.75 Å². The van der Waals surface area contributed by atoms with Crippen LogP contribution in [-0.4, -0.2) is 17.1 Å². The summed E-state index contributed by atoms with van der Waals surface area (Å²) in [4.78, 5) is 12.2. The molecule has 116 valence electrons. The van der Waals surface area contributed by atoms with Gasteiger partial charge in [-0.3, -0.25) is 4.79 Å². The smallest absolute Gasteiger partial charge is 0.241 e. The number of hydrogen-bond acceptors (Lipinski definition) is 3. The molecule has 1 amide bonds. The summed E-state index contributed by atoms with van der Waals surface area (Å²) in [5, 5.41) is 14.3. The average molecular weight is 306 g/mol. The van der Waals surface area contributed by atoms with E-state index < -0.39 is 6.04 Å². The zero-order valence-electron chi connectivity index (χ0n) is 12.6. The molecule has 0 unspecified atom stereocenters. The molecule has 0 aliphatic heterocycles. The molecule has 0 aromatic heterocycles. The van der Waals surface area contributed by atoms with Gasteiger partial charge in [0.25, 0.3) is 0 Å². The Morgan fingerprint density at radius 3 is 2.43 bits per heavy atom. The molecule has 0 bridgehead atoms. The summed E-state index contributed by atoms with van der Waals surface area (Å²) in [5.41, 5.74) is 7.61. The number of benzene rings is 3. The Morgan fingerprint density at radius 2 is 1.70 bits per heavy atom. The number of fused-ring (bicyclic) bond motifs is 1. The topological polar surface area (TPSA) is 75.3 Å². The number of carbonyl (C=O) groups excluding carboxylic acids is 1. The van der Waals surface area contributed by atoms with Crippen molar-refractivity contribution in [3.05, 3.63) is 72.3 Å². The Kier molecular flexibility index (Phi) is 4.26. The number of phenolic OH excluding ortho intramolecular Hbond substituents is 1. The van der Waals surface area contributed by atoms with Crippen LogP contribution >= 0.6 is 0 Å². The van der Waals surface area contributed by atoms with Crippen molar-refractivity contribution in [3.63, 3.8) is 0 Å². The van der Waals surface area contributed by atoms with Crippen LogP contribution in [0, 0.1) is 0 Å². The van der Waals surface area contributed by atoms with Crippen LogP contribution in [0.15, 0.2) is 66.7 Å². The van der Waals surface area contributed by atoms with Crippen LogP contribution in [0.4, 0.5) is 5.69 Å². The lowest BCUT2D eigenvalue weighted by Gasteiger charge is -2.13. The zero-order chi connectivity index (χ0) is 16.2. The van der Waals surface area contributed by atoms with Crippen LogP contribution < -0.4 is 11.1 Å². The number of phenols is 1. The maximum Gasteiger partial charge on any atom is 0.241 e. The molecular formula is C19H18N2O2. The Balaban J connectivity index is 1.68. The summed E-state index contributed by atoms with van der Waals surface area (Å²) in [7, 11) is 0. The molecule has 3 rings (SSSR count). The standard InChI is InChI=1S/C19H18N2O2/c20-18(11-13-5-9-17(22)10-6-13)19(23)21-16-8-7-14-3-1-2-4-15(14)12-16/h1-10,12,18,22H,11,20H2,(H,21,23)/t18-/m1/s1. The van der Waals surface area contributed by atoms with E-state index in [2.05, 4.69) is 5.32 Å². The number of rotatable bonds is 4. The first kappa shape index (κ1) is 15.1. The van der Waals surface area contributed by atoms with E-state index in [1.807, 2.05) is 42.5 Å². The minimum Gasteiger partial charge on any atom is -0.508 e. The van der Waals surface area contributed by atoms with Crippen LogP contribution in [0.3, 0.4) is 0 Å². The van der Waals surface area contributed by atoms with Crippen molar-refractivity contribution >= 4 is 22.4 Å². The highest BCUT2D eigenvalue weighted by atomic mass is 16.3. The Morgan fingerprint density at radius 1 is 1.00 bits per heavy atom. The lowest BCUT2D eigenvalue weighted by atomic mass is 10.1. The van der Waals surface area contributed by atoms with E-state index in [4.69, 9.17) is 5.73 Å². The van der Waals surface area contributed by atoms with Crippen molar-refractivity contribution in [2.24, 2.45) is 5.73 Å². The highest BCUT2D eigenvalue weighted by Gasteiger charge is 2.14. The second-order valence-electron chi connectivity index (χ2n) is 5.53. The van der Waals surface area contributed by atoms with Crippen molar-refractivity contribution in [2.75, 3.05) is 5.32 Å². The second kappa shape index (κ2) is 6.50. The predicted molar refractivity (Wildman–Crippen MR) is 92.4 cm³/mol. The highest BCUT2D eigenvalue weighted by molar-refractivity contribution is 5.97. The fourth-order valence-corrected chi connectivity index (χ4v) is 2.48. The van der Waals surface area contributed by atoms with E-state index in [-0.39, 0.29) is 11.7 Å². The number of nitrogens with one attached hydrogen (secondary N) is 1. The first-order chi connectivity index (χ1) is 11.1. The van der Waals surface area contributed by atoms with Gasteiger partial charge in [0.2, 0.25) is 5.91 Å². The molecule has 4 heteroatoms. The lowest BCUT2D eigenvalue weighted by molar-refractivity contribution is -0.117. The lowest BCUT2D eigenvalue weighted by Crippen LogP contribution is -2.37. The molecule has 0 spiro atoms. The summed E-state index contributed by atoms with van der Waals surface area (Å²) in [6.45, 7) is 0. The monoisotopic (exact) mass is 306 g/mol. The van der Waals surface area contributed by atoms with Gasteiger partial charge in [0, 0.05) is 5.69 Å². The molecular weight excluding hydrogens is 288 g/mol. The van der Waals surface area contributed by atoms with Gasteiger partial charge in [0.05, 0.1) is 6.04 Å². The Labute approximate surface area is 134 Å². The molecule has 3 aromatic rings. The predicted octanol–water partition coefficient (Wildman–Crippen LogP) is 3.05. The minimum atomic E-state index is -0.647. The third kappa shape index (κ3) is 3.67. The normalized spacial score (nSPS) is 12.0. The van der Waals surface area contributed by atoms with Gasteiger partial charge in [-0.2, -0.15) is 0 Å². The maximum atomic E-state index is 12.2. The number of aromatic hydroxyl groups is 1. The molecule has 4 nitrogen and oxygen atoms in total. The molecule has 4 N–H and O–H groups in total. The fourth-order valence-electron chi connectivity index (χ4n) is 2.48. The van der Waals surface area contributed by atoms with Crippen LogP contribution in [0.5, 0.6) is 5.75 Å². The van der Waals surface area contributed by atoms with Gasteiger partial charge in [0.15, 0.2) is 0 Å². The number of anilines is 1. The van der Waals surface area contributed by atoms with Crippen molar-refractivity contribution in [2.45, 2.75) is 12.5 Å². The van der Waals surface area contributed by atoms with E-state index in [0.29, 0.717) is 6.42 Å². The molecule has 0 radical (unpaired) electrons. The van der Waals surface area contributed by atoms with E-state index in [1.165, 1.54) is 0 Å². The third-order valence-corrected chi connectivity index (χ3v) is 3.75. The molecule has 1 atom stereocenters. The zero-order valence-corrected chi connectivity index (χ0v) is 12.6. The third-order valence-electron chi connectivity index (χ3n) is 3.75. The van der Waals surface area contributed by atoms with Crippen molar-refractivity contribution in [1.29, 1.82) is 0 Å². The summed E-state index contributed by atoms with van der Waals surface area (Å²) >= 11 is 0. The Hall–Kier alpha value is -2.85. The van der Waals surface area contributed by atoms with Crippen LogP contribution in [0.2, 0.25) is 0 Å². The number of amides is 1. The van der Waals surface area contributed by atoms with E-state index in [0.717, 1.165) is 22.0 Å². The maximum absolute atomic E-state index is 12.2. The summed E-state index contributed by atoms with van der Waals surface area (Å²) in [6.07, 6.45) is 0.416. The van der Waals surface area contributed by atoms with Crippen molar-refractivity contribution in [1.82, 2.24) is 0 Å². The number of carbonyl (C=O) groups is 1. The summed E-state index contributed by atoms with van der Waals surface area (Å²) < 4.78 is 0. The number of hydrogen-bond donors (Lipinski definition) is 3. The molecule has 0 aliphatic carbocycles. The molecule has 0 saturated carbocycles. The SMILES string of the molecule is N[C@H](Cc1ccc(O)cc1)C(=O)Nc1ccc2ccccc2c1. The van der Waals surface area contributed by atoms with Gasteiger partial charge >= 0.3 is 0 Å². The van der Waals surface area contributed by atoms with Crippen LogP contribution in [0.25, 0.3) is 10.8 Å². The highest BCUT2D eigenvalue weighted by Crippen LogP contribution is 2.19. The minimum absolute atomic E-state index is 0.197. The molecule has 0 fully saturated rings. The van der Waals surface area contributed by atoms with Crippen LogP contribution in [-0.2, 0) is 11.2 Å². The van der Waals surface area contributed by atoms with Crippen LogP contribution in [0.1, 0.15) is 5.56 Å².